The van der Waals surface area contributed by atoms with Gasteiger partial charge in [-0.3, -0.25) is 4.79 Å². The van der Waals surface area contributed by atoms with E-state index in [0.29, 0.717) is 6.42 Å². The maximum Gasteiger partial charge on any atom is 0.220 e. The van der Waals surface area contributed by atoms with Gasteiger partial charge in [0.1, 0.15) is 5.75 Å². The zero-order chi connectivity index (χ0) is 15.6. The van der Waals surface area contributed by atoms with Crippen LogP contribution in [0.15, 0.2) is 41.8 Å². The third-order valence-electron chi connectivity index (χ3n) is 3.55. The van der Waals surface area contributed by atoms with Crippen LogP contribution in [0.3, 0.4) is 0 Å². The average Bonchev–Trinajstić information content (AvgIpc) is 3.06. The van der Waals surface area contributed by atoms with Crippen molar-refractivity contribution in [2.75, 3.05) is 13.7 Å². The molecule has 0 fully saturated rings. The van der Waals surface area contributed by atoms with E-state index in [4.69, 9.17) is 4.74 Å². The first-order valence-electron chi connectivity index (χ1n) is 7.70. The number of thiophene rings is 1. The Labute approximate surface area is 136 Å². The van der Waals surface area contributed by atoms with E-state index in [-0.39, 0.29) is 5.91 Å². The van der Waals surface area contributed by atoms with Gasteiger partial charge in [-0.2, -0.15) is 0 Å². The zero-order valence-corrected chi connectivity index (χ0v) is 13.8. The number of hydrogen-bond acceptors (Lipinski definition) is 3. The van der Waals surface area contributed by atoms with Gasteiger partial charge in [0.25, 0.3) is 0 Å². The number of unbranched alkanes of at least 4 members (excludes halogenated alkanes) is 1. The molecule has 0 bridgehead atoms. The van der Waals surface area contributed by atoms with Crippen LogP contribution in [0.2, 0.25) is 0 Å². The normalized spacial score (nSPS) is 10.4. The first-order chi connectivity index (χ1) is 10.8. The molecule has 2 aromatic rings. The highest BCUT2D eigenvalue weighted by molar-refractivity contribution is 7.09. The Hall–Kier alpha value is -1.81. The second-order valence-electron chi connectivity index (χ2n) is 5.23. The first kappa shape index (κ1) is 16.6. The summed E-state index contributed by atoms with van der Waals surface area (Å²) in [5.41, 5.74) is 1.31. The molecule has 1 heterocycles. The summed E-state index contributed by atoms with van der Waals surface area (Å²) in [4.78, 5) is 13.0. The Kier molecular flexibility index (Phi) is 6.97. The summed E-state index contributed by atoms with van der Waals surface area (Å²) < 4.78 is 5.14. The number of methoxy groups -OCH3 is 1. The maximum absolute atomic E-state index is 11.7. The molecule has 1 aromatic heterocycles. The number of benzene rings is 1. The van der Waals surface area contributed by atoms with Gasteiger partial charge in [0.05, 0.1) is 7.11 Å². The van der Waals surface area contributed by atoms with Crippen LogP contribution >= 0.6 is 11.3 Å². The monoisotopic (exact) mass is 317 g/mol. The summed E-state index contributed by atoms with van der Waals surface area (Å²) in [6.07, 6.45) is 4.55. The van der Waals surface area contributed by atoms with Gasteiger partial charge in [-0.1, -0.05) is 18.2 Å². The first-order valence-corrected chi connectivity index (χ1v) is 8.58. The van der Waals surface area contributed by atoms with Gasteiger partial charge in [0, 0.05) is 17.8 Å². The number of ether oxygens (including phenoxy) is 1. The fourth-order valence-electron chi connectivity index (χ4n) is 2.25. The van der Waals surface area contributed by atoms with E-state index in [0.717, 1.165) is 38.0 Å². The Balaban J connectivity index is 1.53. The van der Waals surface area contributed by atoms with E-state index in [2.05, 4.69) is 23.5 Å². The van der Waals surface area contributed by atoms with Crippen LogP contribution in [0.1, 0.15) is 29.7 Å². The molecule has 0 unspecified atom stereocenters. The molecule has 0 aliphatic carbocycles. The lowest BCUT2D eigenvalue weighted by molar-refractivity contribution is -0.121. The fraction of sp³-hybridized carbons (Fsp3) is 0.389. The Morgan fingerprint density at radius 3 is 2.64 bits per heavy atom. The molecule has 0 atom stereocenters. The maximum atomic E-state index is 11.7. The number of aryl methyl sites for hydroxylation is 2. The number of rotatable bonds is 9. The fourth-order valence-corrected chi connectivity index (χ4v) is 2.96. The minimum absolute atomic E-state index is 0.151. The Morgan fingerprint density at radius 2 is 1.95 bits per heavy atom. The van der Waals surface area contributed by atoms with Crippen LogP contribution in [-0.4, -0.2) is 19.6 Å². The zero-order valence-electron chi connectivity index (χ0n) is 13.0. The summed E-state index contributed by atoms with van der Waals surface area (Å²) in [5, 5.41) is 5.04. The van der Waals surface area contributed by atoms with Crippen LogP contribution in [0.4, 0.5) is 0 Å². The average molecular weight is 317 g/mol. The Morgan fingerprint density at radius 1 is 1.14 bits per heavy atom. The van der Waals surface area contributed by atoms with Crippen molar-refractivity contribution in [1.29, 1.82) is 0 Å². The predicted molar refractivity (Wildman–Crippen MR) is 91.6 cm³/mol. The molecule has 0 saturated heterocycles. The minimum Gasteiger partial charge on any atom is -0.497 e. The van der Waals surface area contributed by atoms with E-state index < -0.39 is 0 Å². The molecule has 118 valence electrons. The molecular weight excluding hydrogens is 294 g/mol. The lowest BCUT2D eigenvalue weighted by Crippen LogP contribution is -2.24. The number of carbonyl (C=O) groups is 1. The third kappa shape index (κ3) is 5.90. The molecule has 22 heavy (non-hydrogen) atoms. The van der Waals surface area contributed by atoms with Gasteiger partial charge in [0.2, 0.25) is 5.91 Å². The molecule has 0 spiro atoms. The second-order valence-corrected chi connectivity index (χ2v) is 6.27. The van der Waals surface area contributed by atoms with Gasteiger partial charge >= 0.3 is 0 Å². The van der Waals surface area contributed by atoms with Gasteiger partial charge in [0.15, 0.2) is 0 Å². The van der Waals surface area contributed by atoms with E-state index in [1.807, 2.05) is 23.6 Å². The van der Waals surface area contributed by atoms with Crippen molar-refractivity contribution in [2.45, 2.75) is 32.1 Å². The molecule has 3 nitrogen and oxygen atoms in total. The topological polar surface area (TPSA) is 38.3 Å². The van der Waals surface area contributed by atoms with Crippen LogP contribution in [-0.2, 0) is 17.6 Å². The largest absolute Gasteiger partial charge is 0.497 e. The van der Waals surface area contributed by atoms with Crippen LogP contribution in [0, 0.1) is 0 Å². The van der Waals surface area contributed by atoms with Crippen molar-refractivity contribution >= 4 is 17.2 Å². The predicted octanol–water partition coefficient (Wildman–Crippen LogP) is 3.83. The van der Waals surface area contributed by atoms with Crippen molar-refractivity contribution in [2.24, 2.45) is 0 Å². The molecule has 0 aliphatic rings. The van der Waals surface area contributed by atoms with Crippen molar-refractivity contribution in [3.8, 4) is 5.75 Å². The number of hydrogen-bond donors (Lipinski definition) is 1. The van der Waals surface area contributed by atoms with Crippen molar-refractivity contribution < 1.29 is 9.53 Å². The molecule has 1 aromatic carbocycles. The number of carbonyl (C=O) groups excluding carboxylic acids is 1. The molecule has 0 saturated carbocycles. The van der Waals surface area contributed by atoms with Crippen molar-refractivity contribution in [3.05, 3.63) is 52.2 Å². The summed E-state index contributed by atoms with van der Waals surface area (Å²) in [7, 11) is 1.68. The molecule has 0 radical (unpaired) electrons. The second kappa shape index (κ2) is 9.26. The highest BCUT2D eigenvalue weighted by Gasteiger charge is 2.02. The molecule has 4 heteroatoms. The van der Waals surface area contributed by atoms with E-state index in [9.17, 15) is 4.79 Å². The minimum atomic E-state index is 0.151. The van der Waals surface area contributed by atoms with Gasteiger partial charge in [-0.25, -0.2) is 0 Å². The van der Waals surface area contributed by atoms with E-state index >= 15 is 0 Å². The quantitative estimate of drug-likeness (QED) is 0.714. The SMILES string of the molecule is COc1ccc(CCCCNC(=O)CCc2cccs2)cc1. The lowest BCUT2D eigenvalue weighted by atomic mass is 10.1. The smallest absolute Gasteiger partial charge is 0.220 e. The highest BCUT2D eigenvalue weighted by atomic mass is 32.1. The van der Waals surface area contributed by atoms with Gasteiger partial charge in [-0.05, 0) is 54.8 Å². The number of amides is 1. The van der Waals surface area contributed by atoms with Crippen LogP contribution in [0.25, 0.3) is 0 Å². The molecular formula is C18H23NO2S. The van der Waals surface area contributed by atoms with Crippen molar-refractivity contribution in [1.82, 2.24) is 5.32 Å². The molecule has 1 amide bonds. The van der Waals surface area contributed by atoms with Gasteiger partial charge in [-0.15, -0.1) is 11.3 Å². The van der Waals surface area contributed by atoms with Crippen LogP contribution in [0.5, 0.6) is 5.75 Å². The Bertz CT molecular complexity index is 549. The van der Waals surface area contributed by atoms with E-state index in [1.54, 1.807) is 18.4 Å². The van der Waals surface area contributed by atoms with Gasteiger partial charge < -0.3 is 10.1 Å². The summed E-state index contributed by atoms with van der Waals surface area (Å²) in [6.45, 7) is 0.763. The van der Waals surface area contributed by atoms with Crippen LogP contribution < -0.4 is 10.1 Å². The van der Waals surface area contributed by atoms with E-state index in [1.165, 1.54) is 10.4 Å². The molecule has 1 N–H and O–H groups in total. The van der Waals surface area contributed by atoms with Crippen molar-refractivity contribution in [3.63, 3.8) is 0 Å². The molecule has 0 aliphatic heterocycles. The standard InChI is InChI=1S/C18H23NO2S/c1-21-16-9-7-15(8-10-16)5-2-3-13-19-18(20)12-11-17-6-4-14-22-17/h4,6-10,14H,2-3,5,11-13H2,1H3,(H,19,20). The lowest BCUT2D eigenvalue weighted by Gasteiger charge is -2.06. The third-order valence-corrected chi connectivity index (χ3v) is 4.49. The summed E-state index contributed by atoms with van der Waals surface area (Å²) in [5.74, 6) is 1.04. The number of nitrogens with one attached hydrogen (secondary N) is 1. The summed E-state index contributed by atoms with van der Waals surface area (Å²) >= 11 is 1.71. The summed E-state index contributed by atoms with van der Waals surface area (Å²) in [6, 6.07) is 12.3. The molecule has 2 rings (SSSR count). The highest BCUT2D eigenvalue weighted by Crippen LogP contribution is 2.13.